The molecule has 0 aromatic heterocycles. The minimum absolute atomic E-state index is 0.0868. The van der Waals surface area contributed by atoms with Gasteiger partial charge < -0.3 is 9.31 Å². The molecule has 2 fully saturated rings. The first-order valence-electron chi connectivity index (χ1n) is 6.41. The first kappa shape index (κ1) is 10.9. The van der Waals surface area contributed by atoms with Crippen LogP contribution < -0.4 is 0 Å². The van der Waals surface area contributed by atoms with Gasteiger partial charge in [0.1, 0.15) is 0 Å². The highest BCUT2D eigenvalue weighted by Gasteiger charge is 2.56. The first-order valence-corrected chi connectivity index (χ1v) is 6.41. The van der Waals surface area contributed by atoms with Crippen LogP contribution in [0.4, 0.5) is 0 Å². The molecule has 0 unspecified atom stereocenters. The third-order valence-electron chi connectivity index (χ3n) is 4.95. The largest absolute Gasteiger partial charge is 0.490 e. The predicted molar refractivity (Wildman–Crippen MR) is 65.1 cm³/mol. The van der Waals surface area contributed by atoms with Gasteiger partial charge in [0.05, 0.1) is 11.2 Å². The van der Waals surface area contributed by atoms with Crippen LogP contribution in [0.3, 0.4) is 0 Å². The van der Waals surface area contributed by atoms with Crippen molar-refractivity contribution in [3.63, 3.8) is 0 Å². The fourth-order valence-corrected chi connectivity index (χ4v) is 2.87. The molecule has 3 aliphatic rings. The lowest BCUT2D eigenvalue weighted by molar-refractivity contribution is 0.00578. The van der Waals surface area contributed by atoms with Gasteiger partial charge in [-0.2, -0.15) is 0 Å². The summed E-state index contributed by atoms with van der Waals surface area (Å²) in [6.07, 6.45) is 7.75. The van der Waals surface area contributed by atoms with Crippen molar-refractivity contribution >= 4 is 7.12 Å². The van der Waals surface area contributed by atoms with Crippen LogP contribution in [0.25, 0.3) is 0 Å². The molecule has 0 N–H and O–H groups in total. The molecule has 2 aliphatic carbocycles. The van der Waals surface area contributed by atoms with Crippen LogP contribution in [-0.2, 0) is 9.31 Å². The SMILES string of the molecule is CC1(C)OB(C2=CC3(CCC3)C2)OC1(C)C. The molecule has 0 radical (unpaired) electrons. The third-order valence-corrected chi connectivity index (χ3v) is 4.95. The zero-order valence-electron chi connectivity index (χ0n) is 10.8. The molecule has 3 heteroatoms. The Kier molecular flexibility index (Phi) is 1.99. The van der Waals surface area contributed by atoms with E-state index in [9.17, 15) is 0 Å². The molecular formula is C13H21BO2. The molecule has 0 bridgehead atoms. The summed E-state index contributed by atoms with van der Waals surface area (Å²) in [5, 5.41) is 0. The van der Waals surface area contributed by atoms with E-state index in [1.807, 2.05) is 0 Å². The summed E-state index contributed by atoms with van der Waals surface area (Å²) < 4.78 is 12.1. The lowest BCUT2D eigenvalue weighted by Gasteiger charge is -2.47. The van der Waals surface area contributed by atoms with E-state index < -0.39 is 0 Å². The van der Waals surface area contributed by atoms with E-state index in [1.165, 1.54) is 31.2 Å². The van der Waals surface area contributed by atoms with Crippen LogP contribution in [0.2, 0.25) is 0 Å². The monoisotopic (exact) mass is 220 g/mol. The maximum atomic E-state index is 6.04. The van der Waals surface area contributed by atoms with Gasteiger partial charge in [0.2, 0.25) is 0 Å². The maximum absolute atomic E-state index is 6.04. The Morgan fingerprint density at radius 3 is 1.94 bits per heavy atom. The van der Waals surface area contributed by atoms with Crippen molar-refractivity contribution in [2.45, 2.75) is 64.6 Å². The van der Waals surface area contributed by atoms with Gasteiger partial charge in [-0.05, 0) is 57.8 Å². The molecule has 88 valence electrons. The summed E-state index contributed by atoms with van der Waals surface area (Å²) in [6.45, 7) is 8.47. The van der Waals surface area contributed by atoms with Crippen LogP contribution in [0, 0.1) is 5.41 Å². The average molecular weight is 220 g/mol. The van der Waals surface area contributed by atoms with E-state index >= 15 is 0 Å². The van der Waals surface area contributed by atoms with Crippen LogP contribution in [0.15, 0.2) is 11.5 Å². The Morgan fingerprint density at radius 2 is 1.56 bits per heavy atom. The summed E-state index contributed by atoms with van der Waals surface area (Å²) in [4.78, 5) is 0. The van der Waals surface area contributed by atoms with Crippen molar-refractivity contribution in [1.82, 2.24) is 0 Å². The van der Waals surface area contributed by atoms with Gasteiger partial charge in [-0.25, -0.2) is 0 Å². The lowest BCUT2D eigenvalue weighted by Crippen LogP contribution is -2.41. The molecule has 1 aliphatic heterocycles. The van der Waals surface area contributed by atoms with E-state index in [4.69, 9.17) is 9.31 Å². The zero-order chi connectivity index (χ0) is 11.6. The second kappa shape index (κ2) is 2.94. The molecular weight excluding hydrogens is 199 g/mol. The number of hydrogen-bond acceptors (Lipinski definition) is 2. The standard InChI is InChI=1S/C13H21BO2/c1-11(2)12(3,4)16-14(15-11)10-8-13(9-10)6-5-7-13/h8H,5-7,9H2,1-4H3. The minimum Gasteiger partial charge on any atom is -0.400 e. The minimum atomic E-state index is -0.194. The molecule has 0 amide bonds. The molecule has 1 heterocycles. The Hall–Kier alpha value is -0.275. The van der Waals surface area contributed by atoms with E-state index in [0.29, 0.717) is 5.41 Å². The van der Waals surface area contributed by atoms with Crippen LogP contribution in [0.5, 0.6) is 0 Å². The number of rotatable bonds is 1. The Labute approximate surface area is 98.5 Å². The van der Waals surface area contributed by atoms with Gasteiger partial charge >= 0.3 is 7.12 Å². The summed E-state index contributed by atoms with van der Waals surface area (Å²) in [7, 11) is -0.0868. The number of allylic oxidation sites excluding steroid dienone is 2. The zero-order valence-corrected chi connectivity index (χ0v) is 10.8. The lowest BCUT2D eigenvalue weighted by atomic mass is 9.51. The van der Waals surface area contributed by atoms with Gasteiger partial charge in [-0.3, -0.25) is 0 Å². The fraction of sp³-hybridized carbons (Fsp3) is 0.846. The average Bonchev–Trinajstić information content (AvgIpc) is 2.14. The van der Waals surface area contributed by atoms with Crippen LogP contribution in [0.1, 0.15) is 53.4 Å². The molecule has 1 saturated carbocycles. The smallest absolute Gasteiger partial charge is 0.400 e. The second-order valence-corrected chi connectivity index (χ2v) is 6.70. The molecule has 1 spiro atoms. The number of hydrogen-bond donors (Lipinski definition) is 0. The summed E-state index contributed by atoms with van der Waals surface area (Å²) in [5.41, 5.74) is 1.54. The highest BCUT2D eigenvalue weighted by atomic mass is 16.7. The second-order valence-electron chi connectivity index (χ2n) is 6.70. The quantitative estimate of drug-likeness (QED) is 0.632. The molecule has 1 saturated heterocycles. The van der Waals surface area contributed by atoms with Crippen molar-refractivity contribution in [3.05, 3.63) is 11.5 Å². The van der Waals surface area contributed by atoms with E-state index in [0.717, 1.165) is 0 Å². The maximum Gasteiger partial charge on any atom is 0.490 e. The molecule has 0 aromatic rings. The predicted octanol–water partition coefficient (Wildman–Crippen LogP) is 3.12. The molecule has 0 atom stereocenters. The highest BCUT2D eigenvalue weighted by Crippen LogP contribution is 2.56. The Morgan fingerprint density at radius 1 is 1.06 bits per heavy atom. The molecule has 16 heavy (non-hydrogen) atoms. The topological polar surface area (TPSA) is 18.5 Å². The van der Waals surface area contributed by atoms with Crippen molar-refractivity contribution in [1.29, 1.82) is 0 Å². The van der Waals surface area contributed by atoms with E-state index in [-0.39, 0.29) is 18.3 Å². The Balaban J connectivity index is 1.73. The highest BCUT2D eigenvalue weighted by molar-refractivity contribution is 6.55. The fourth-order valence-electron chi connectivity index (χ4n) is 2.87. The first-order chi connectivity index (χ1) is 7.34. The van der Waals surface area contributed by atoms with Gasteiger partial charge in [-0.1, -0.05) is 12.5 Å². The van der Waals surface area contributed by atoms with Gasteiger partial charge in [-0.15, -0.1) is 0 Å². The van der Waals surface area contributed by atoms with E-state index in [1.54, 1.807) is 0 Å². The van der Waals surface area contributed by atoms with Crippen LogP contribution in [-0.4, -0.2) is 18.3 Å². The summed E-state index contributed by atoms with van der Waals surface area (Å²) in [5.74, 6) is 0. The third kappa shape index (κ3) is 1.34. The van der Waals surface area contributed by atoms with Crippen molar-refractivity contribution in [3.8, 4) is 0 Å². The van der Waals surface area contributed by atoms with Crippen LogP contribution >= 0.6 is 0 Å². The molecule has 0 aromatic carbocycles. The van der Waals surface area contributed by atoms with Crippen molar-refractivity contribution in [2.24, 2.45) is 5.41 Å². The normalized spacial score (nSPS) is 33.2. The Bertz CT molecular complexity index is 337. The van der Waals surface area contributed by atoms with Gasteiger partial charge in [0.15, 0.2) is 0 Å². The molecule has 2 nitrogen and oxygen atoms in total. The van der Waals surface area contributed by atoms with Gasteiger partial charge in [0, 0.05) is 0 Å². The van der Waals surface area contributed by atoms with Crippen molar-refractivity contribution in [2.75, 3.05) is 0 Å². The van der Waals surface area contributed by atoms with Crippen molar-refractivity contribution < 1.29 is 9.31 Å². The molecule has 3 rings (SSSR count). The summed E-state index contributed by atoms with van der Waals surface area (Å²) in [6, 6.07) is 0. The van der Waals surface area contributed by atoms with E-state index in [2.05, 4.69) is 33.8 Å². The van der Waals surface area contributed by atoms with Gasteiger partial charge in [0.25, 0.3) is 0 Å². The summed E-state index contributed by atoms with van der Waals surface area (Å²) >= 11 is 0.